The molecule has 2 aliphatic carbocycles. The number of nitrogens with one attached hydrogen (secondary N) is 3. The van der Waals surface area contributed by atoms with Gasteiger partial charge in [0.15, 0.2) is 11.7 Å². The molecule has 0 radical (unpaired) electrons. The SMILES string of the molecule is CCOC1CC(NC(=NC)NCCc2nc(-c3ccco3)n[nH]2)C12CCCC2.I. The Morgan fingerprint density at radius 1 is 1.41 bits per heavy atom. The highest BCUT2D eigenvalue weighted by molar-refractivity contribution is 14.0. The van der Waals surface area contributed by atoms with Gasteiger partial charge in [-0.05, 0) is 38.3 Å². The minimum Gasteiger partial charge on any atom is -0.461 e. The number of hydrogen-bond acceptors (Lipinski definition) is 5. The molecule has 2 aromatic heterocycles. The standard InChI is InChI=1S/C20H30N6O2.HI/c1-3-27-16-13-15(20(16)9-4-5-10-20)23-19(21-2)22-11-8-17-24-18(26-25-17)14-7-6-12-28-14;/h6-7,12,15-16H,3-5,8-11,13H2,1-2H3,(H2,21,22,23)(H,24,25,26);1H. The largest absolute Gasteiger partial charge is 0.461 e. The van der Waals surface area contributed by atoms with Crippen molar-refractivity contribution >= 4 is 29.9 Å². The van der Waals surface area contributed by atoms with Gasteiger partial charge in [0, 0.05) is 38.1 Å². The van der Waals surface area contributed by atoms with Gasteiger partial charge < -0.3 is 19.8 Å². The lowest BCUT2D eigenvalue weighted by Crippen LogP contribution is -2.65. The van der Waals surface area contributed by atoms with Crippen LogP contribution in [0.25, 0.3) is 11.6 Å². The smallest absolute Gasteiger partial charge is 0.216 e. The van der Waals surface area contributed by atoms with E-state index >= 15 is 0 Å². The van der Waals surface area contributed by atoms with Gasteiger partial charge in [0.25, 0.3) is 0 Å². The Balaban J connectivity index is 0.00000240. The number of aromatic amines is 1. The van der Waals surface area contributed by atoms with Crippen molar-refractivity contribution in [1.82, 2.24) is 25.8 Å². The van der Waals surface area contributed by atoms with Crippen LogP contribution in [-0.2, 0) is 11.2 Å². The summed E-state index contributed by atoms with van der Waals surface area (Å²) in [6.07, 6.45) is 8.91. The maximum Gasteiger partial charge on any atom is 0.216 e. The molecular formula is C20H31IN6O2. The molecule has 2 aromatic rings. The minimum atomic E-state index is 0. The number of aliphatic imine (C=N–C) groups is 1. The molecule has 9 heteroatoms. The first-order valence-corrected chi connectivity index (χ1v) is 10.3. The van der Waals surface area contributed by atoms with Gasteiger partial charge in [0.1, 0.15) is 5.82 Å². The summed E-state index contributed by atoms with van der Waals surface area (Å²) >= 11 is 0. The Hall–Kier alpha value is -1.62. The molecule has 2 aliphatic rings. The second-order valence-corrected chi connectivity index (χ2v) is 7.65. The number of ether oxygens (including phenoxy) is 1. The third kappa shape index (κ3) is 4.60. The van der Waals surface area contributed by atoms with E-state index in [1.165, 1.54) is 25.7 Å². The van der Waals surface area contributed by atoms with E-state index < -0.39 is 0 Å². The van der Waals surface area contributed by atoms with Crippen molar-refractivity contribution in [1.29, 1.82) is 0 Å². The van der Waals surface area contributed by atoms with E-state index in [1.807, 2.05) is 19.2 Å². The van der Waals surface area contributed by atoms with Crippen molar-refractivity contribution in [2.75, 3.05) is 20.2 Å². The zero-order valence-corrected chi connectivity index (χ0v) is 19.4. The van der Waals surface area contributed by atoms with E-state index in [1.54, 1.807) is 6.26 Å². The minimum absolute atomic E-state index is 0. The molecular weight excluding hydrogens is 483 g/mol. The number of nitrogens with zero attached hydrogens (tertiary/aromatic N) is 3. The second kappa shape index (κ2) is 9.92. The first-order chi connectivity index (χ1) is 13.7. The van der Waals surface area contributed by atoms with Crippen LogP contribution in [0.5, 0.6) is 0 Å². The number of rotatable bonds is 7. The summed E-state index contributed by atoms with van der Waals surface area (Å²) in [6, 6.07) is 4.12. The van der Waals surface area contributed by atoms with Gasteiger partial charge in [-0.15, -0.1) is 24.0 Å². The fourth-order valence-corrected chi connectivity index (χ4v) is 4.67. The molecule has 29 heavy (non-hydrogen) atoms. The van der Waals surface area contributed by atoms with Crippen LogP contribution in [0.4, 0.5) is 0 Å². The fourth-order valence-electron chi connectivity index (χ4n) is 4.67. The van der Waals surface area contributed by atoms with E-state index in [-0.39, 0.29) is 29.4 Å². The molecule has 2 fully saturated rings. The van der Waals surface area contributed by atoms with E-state index in [9.17, 15) is 0 Å². The normalized spacial score (nSPS) is 22.9. The van der Waals surface area contributed by atoms with Gasteiger partial charge >= 0.3 is 0 Å². The van der Waals surface area contributed by atoms with E-state index in [0.29, 0.717) is 23.7 Å². The van der Waals surface area contributed by atoms with E-state index in [4.69, 9.17) is 9.15 Å². The molecule has 2 unspecified atom stereocenters. The highest BCUT2D eigenvalue weighted by atomic mass is 127. The predicted molar refractivity (Wildman–Crippen MR) is 122 cm³/mol. The van der Waals surface area contributed by atoms with Gasteiger partial charge in [-0.2, -0.15) is 5.10 Å². The third-order valence-electron chi connectivity index (χ3n) is 6.15. The summed E-state index contributed by atoms with van der Waals surface area (Å²) in [5, 5.41) is 14.2. The topological polar surface area (TPSA) is 100 Å². The summed E-state index contributed by atoms with van der Waals surface area (Å²) < 4.78 is 11.3. The van der Waals surface area contributed by atoms with Crippen LogP contribution in [0, 0.1) is 5.41 Å². The number of furan rings is 1. The predicted octanol–water partition coefficient (Wildman–Crippen LogP) is 3.13. The van der Waals surface area contributed by atoms with Crippen LogP contribution >= 0.6 is 24.0 Å². The first kappa shape index (κ1) is 22.1. The molecule has 0 saturated heterocycles. The highest BCUT2D eigenvalue weighted by Gasteiger charge is 2.56. The van der Waals surface area contributed by atoms with Gasteiger partial charge in [-0.1, -0.05) is 12.8 Å². The van der Waals surface area contributed by atoms with Crippen molar-refractivity contribution in [3.05, 3.63) is 24.2 Å². The molecule has 0 amide bonds. The molecule has 160 valence electrons. The van der Waals surface area contributed by atoms with Crippen molar-refractivity contribution in [3.8, 4) is 11.6 Å². The Kier molecular flexibility index (Phi) is 7.55. The lowest BCUT2D eigenvalue weighted by molar-refractivity contribution is -0.125. The lowest BCUT2D eigenvalue weighted by Gasteiger charge is -2.54. The Morgan fingerprint density at radius 3 is 2.93 bits per heavy atom. The van der Waals surface area contributed by atoms with E-state index in [2.05, 4.69) is 37.7 Å². The number of halogens is 1. The molecule has 2 atom stereocenters. The van der Waals surface area contributed by atoms with Gasteiger partial charge in [-0.3, -0.25) is 10.1 Å². The zero-order chi connectivity index (χ0) is 19.4. The summed E-state index contributed by atoms with van der Waals surface area (Å²) in [4.78, 5) is 8.88. The Labute approximate surface area is 188 Å². The van der Waals surface area contributed by atoms with Crippen molar-refractivity contribution in [2.45, 2.75) is 57.6 Å². The van der Waals surface area contributed by atoms with Gasteiger partial charge in [0.05, 0.1) is 12.4 Å². The molecule has 0 bridgehead atoms. The van der Waals surface area contributed by atoms with Gasteiger partial charge in [0.2, 0.25) is 5.82 Å². The quantitative estimate of drug-likeness (QED) is 0.298. The number of guanidine groups is 1. The van der Waals surface area contributed by atoms with Gasteiger partial charge in [-0.25, -0.2) is 4.98 Å². The van der Waals surface area contributed by atoms with Crippen LogP contribution in [0.15, 0.2) is 27.8 Å². The number of aromatic nitrogens is 3. The lowest BCUT2D eigenvalue weighted by atomic mass is 9.60. The Morgan fingerprint density at radius 2 is 2.24 bits per heavy atom. The highest BCUT2D eigenvalue weighted by Crippen LogP contribution is 2.54. The number of H-pyrrole nitrogens is 1. The second-order valence-electron chi connectivity index (χ2n) is 7.65. The molecule has 3 N–H and O–H groups in total. The first-order valence-electron chi connectivity index (χ1n) is 10.3. The van der Waals surface area contributed by atoms with Crippen molar-refractivity contribution in [3.63, 3.8) is 0 Å². The van der Waals surface area contributed by atoms with Crippen LogP contribution in [0.3, 0.4) is 0 Å². The molecule has 0 aromatic carbocycles. The maximum absolute atomic E-state index is 6.01. The molecule has 0 aliphatic heterocycles. The average molecular weight is 514 g/mol. The van der Waals surface area contributed by atoms with Crippen LogP contribution in [0.2, 0.25) is 0 Å². The molecule has 8 nitrogen and oxygen atoms in total. The third-order valence-corrected chi connectivity index (χ3v) is 6.15. The summed E-state index contributed by atoms with van der Waals surface area (Å²) in [5.41, 5.74) is 0.288. The average Bonchev–Trinajstić information content (AvgIpc) is 3.47. The van der Waals surface area contributed by atoms with Crippen LogP contribution < -0.4 is 10.6 Å². The zero-order valence-electron chi connectivity index (χ0n) is 17.1. The summed E-state index contributed by atoms with van der Waals surface area (Å²) in [6.45, 7) is 3.61. The van der Waals surface area contributed by atoms with Crippen LogP contribution in [0.1, 0.15) is 44.9 Å². The fraction of sp³-hybridized carbons (Fsp3) is 0.650. The maximum atomic E-state index is 6.01. The monoisotopic (exact) mass is 514 g/mol. The molecule has 1 spiro atoms. The number of hydrogen-bond donors (Lipinski definition) is 3. The van der Waals surface area contributed by atoms with Crippen LogP contribution in [-0.4, -0.2) is 53.5 Å². The molecule has 2 heterocycles. The van der Waals surface area contributed by atoms with Crippen molar-refractivity contribution in [2.24, 2.45) is 10.4 Å². The molecule has 2 saturated carbocycles. The summed E-state index contributed by atoms with van der Waals surface area (Å²) in [5.74, 6) is 2.92. The van der Waals surface area contributed by atoms with Crippen molar-refractivity contribution < 1.29 is 9.15 Å². The van der Waals surface area contributed by atoms with E-state index in [0.717, 1.165) is 37.8 Å². The Bertz CT molecular complexity index is 785. The summed E-state index contributed by atoms with van der Waals surface area (Å²) in [7, 11) is 1.82. The molecule has 4 rings (SSSR count).